The van der Waals surface area contributed by atoms with Crippen molar-refractivity contribution < 1.29 is 4.79 Å². The number of rotatable bonds is 6. The van der Waals surface area contributed by atoms with Crippen LogP contribution in [0.5, 0.6) is 0 Å². The quantitative estimate of drug-likeness (QED) is 0.269. The minimum absolute atomic E-state index is 0.321. The van der Waals surface area contributed by atoms with Gasteiger partial charge in [-0.1, -0.05) is 0 Å². The van der Waals surface area contributed by atoms with Crippen molar-refractivity contribution in [2.45, 2.75) is 25.3 Å². The van der Waals surface area contributed by atoms with E-state index in [4.69, 9.17) is 5.73 Å². The maximum absolute atomic E-state index is 10.1. The van der Waals surface area contributed by atoms with Crippen molar-refractivity contribution in [1.29, 1.82) is 0 Å². The Morgan fingerprint density at radius 3 is 2.92 bits per heavy atom. The second-order valence-electron chi connectivity index (χ2n) is 2.45. The SMILES string of the molecule is CN=[N+]=NCCCCC(N)C=O. The lowest BCUT2D eigenvalue weighted by atomic mass is 10.1. The van der Waals surface area contributed by atoms with Crippen molar-refractivity contribution in [3.05, 3.63) is 0 Å². The van der Waals surface area contributed by atoms with Crippen molar-refractivity contribution in [1.82, 2.24) is 4.91 Å². The van der Waals surface area contributed by atoms with E-state index in [1.54, 1.807) is 7.05 Å². The Labute approximate surface area is 71.8 Å². The third-order valence-corrected chi connectivity index (χ3v) is 1.37. The third-order valence-electron chi connectivity index (χ3n) is 1.37. The van der Waals surface area contributed by atoms with Crippen molar-refractivity contribution in [3.63, 3.8) is 0 Å². The molecule has 0 saturated heterocycles. The Bertz CT molecular complexity index is 174. The van der Waals surface area contributed by atoms with E-state index in [1.165, 1.54) is 0 Å². The van der Waals surface area contributed by atoms with Crippen LogP contribution >= 0.6 is 0 Å². The zero-order valence-corrected chi connectivity index (χ0v) is 7.31. The highest BCUT2D eigenvalue weighted by Gasteiger charge is 1.98. The van der Waals surface area contributed by atoms with Gasteiger partial charge in [0.05, 0.1) is 6.04 Å². The summed E-state index contributed by atoms with van der Waals surface area (Å²) in [5, 5.41) is 7.20. The van der Waals surface area contributed by atoms with Gasteiger partial charge in [-0.15, -0.1) is 0 Å². The molecule has 5 nitrogen and oxygen atoms in total. The topological polar surface area (TPSA) is 81.9 Å². The smallest absolute Gasteiger partial charge is 0.216 e. The molecule has 0 fully saturated rings. The summed E-state index contributed by atoms with van der Waals surface area (Å²) in [6.07, 6.45) is 3.30. The number of hydrogen-bond donors (Lipinski definition) is 1. The first-order valence-electron chi connectivity index (χ1n) is 3.97. The Morgan fingerprint density at radius 1 is 1.58 bits per heavy atom. The van der Waals surface area contributed by atoms with Crippen LogP contribution in [0, 0.1) is 0 Å². The fourth-order valence-corrected chi connectivity index (χ4v) is 0.739. The molecule has 0 aromatic rings. The maximum atomic E-state index is 10.1. The minimum atomic E-state index is -0.321. The molecule has 0 amide bonds. The molecule has 0 aromatic carbocycles. The first-order valence-corrected chi connectivity index (χ1v) is 3.97. The zero-order chi connectivity index (χ0) is 9.23. The van der Waals surface area contributed by atoms with E-state index in [9.17, 15) is 4.79 Å². The van der Waals surface area contributed by atoms with E-state index >= 15 is 0 Å². The number of nitrogens with two attached hydrogens (primary N) is 1. The maximum Gasteiger partial charge on any atom is 0.216 e. The molecule has 2 N–H and O–H groups in total. The summed E-state index contributed by atoms with van der Waals surface area (Å²) in [7, 11) is 1.58. The average molecular weight is 171 g/mol. The van der Waals surface area contributed by atoms with Gasteiger partial charge in [0.2, 0.25) is 4.91 Å². The summed E-state index contributed by atoms with van der Waals surface area (Å²) >= 11 is 0. The van der Waals surface area contributed by atoms with Crippen LogP contribution < -0.4 is 10.6 Å². The predicted octanol–water partition coefficient (Wildman–Crippen LogP) is 0.284. The van der Waals surface area contributed by atoms with Crippen molar-refractivity contribution in [2.24, 2.45) is 16.0 Å². The fourth-order valence-electron chi connectivity index (χ4n) is 0.739. The largest absolute Gasteiger partial charge is 0.322 e. The molecular formula is C7H15N4O+. The fraction of sp³-hybridized carbons (Fsp3) is 0.857. The number of carbonyl (C=O) groups is 1. The van der Waals surface area contributed by atoms with E-state index in [1.807, 2.05) is 0 Å². The zero-order valence-electron chi connectivity index (χ0n) is 7.31. The van der Waals surface area contributed by atoms with Gasteiger partial charge in [-0.3, -0.25) is 0 Å². The lowest BCUT2D eigenvalue weighted by Gasteiger charge is -1.99. The highest BCUT2D eigenvalue weighted by atomic mass is 16.1. The van der Waals surface area contributed by atoms with Gasteiger partial charge in [0, 0.05) is 0 Å². The Balaban J connectivity index is 3.21. The lowest BCUT2D eigenvalue weighted by molar-refractivity contribution is -0.109. The molecule has 0 bridgehead atoms. The van der Waals surface area contributed by atoms with Gasteiger partial charge in [0.25, 0.3) is 0 Å². The van der Waals surface area contributed by atoms with Crippen LogP contribution in [0.2, 0.25) is 0 Å². The van der Waals surface area contributed by atoms with Crippen LogP contribution in [0.25, 0.3) is 0 Å². The van der Waals surface area contributed by atoms with Crippen molar-refractivity contribution in [3.8, 4) is 0 Å². The molecule has 0 aromatic heterocycles. The van der Waals surface area contributed by atoms with Gasteiger partial charge in [0.15, 0.2) is 0 Å². The molecule has 0 heterocycles. The number of unbranched alkanes of at least 4 members (excludes halogenated alkanes) is 1. The van der Waals surface area contributed by atoms with Gasteiger partial charge in [-0.2, -0.15) is 0 Å². The summed E-state index contributed by atoms with van der Waals surface area (Å²) < 4.78 is 0. The molecule has 1 unspecified atom stereocenters. The Morgan fingerprint density at radius 2 is 2.33 bits per heavy atom. The molecule has 0 spiro atoms. The molecule has 0 saturated carbocycles. The molecule has 1 atom stereocenters. The summed E-state index contributed by atoms with van der Waals surface area (Å²) in [5.74, 6) is 0. The first kappa shape index (κ1) is 10.9. The van der Waals surface area contributed by atoms with Crippen LogP contribution in [0.3, 0.4) is 0 Å². The van der Waals surface area contributed by atoms with Crippen LogP contribution in [0.1, 0.15) is 19.3 Å². The molecule has 0 aliphatic carbocycles. The molecule has 0 aliphatic heterocycles. The highest BCUT2D eigenvalue weighted by molar-refractivity contribution is 5.56. The van der Waals surface area contributed by atoms with Crippen LogP contribution in [0.15, 0.2) is 10.2 Å². The van der Waals surface area contributed by atoms with Crippen LogP contribution in [-0.2, 0) is 4.79 Å². The summed E-state index contributed by atoms with van der Waals surface area (Å²) in [4.78, 5) is 13.5. The summed E-state index contributed by atoms with van der Waals surface area (Å²) in [6.45, 7) is 0.656. The minimum Gasteiger partial charge on any atom is -0.322 e. The Hall–Kier alpha value is -1.06. The summed E-state index contributed by atoms with van der Waals surface area (Å²) in [6, 6.07) is -0.321. The van der Waals surface area contributed by atoms with Gasteiger partial charge >= 0.3 is 0 Å². The van der Waals surface area contributed by atoms with E-state index in [-0.39, 0.29) is 6.04 Å². The average Bonchev–Trinajstić information content (AvgIpc) is 2.10. The van der Waals surface area contributed by atoms with Gasteiger partial charge in [-0.25, -0.2) is 0 Å². The molecule has 0 radical (unpaired) electrons. The van der Waals surface area contributed by atoms with E-state index in [0.29, 0.717) is 6.54 Å². The van der Waals surface area contributed by atoms with Gasteiger partial charge < -0.3 is 10.5 Å². The standard InChI is InChI=1S/C7H15N4O/c1-9-11-10-5-3-2-4-7(8)6-12/h6-7H,2-5,8H2,1H3/q+1. The monoisotopic (exact) mass is 171 g/mol. The normalized spacial score (nSPS) is 11.5. The van der Waals surface area contributed by atoms with Crippen LogP contribution in [-0.4, -0.2) is 25.9 Å². The predicted molar refractivity (Wildman–Crippen MR) is 45.7 cm³/mol. The Kier molecular flexibility index (Phi) is 7.33. The highest BCUT2D eigenvalue weighted by Crippen LogP contribution is 1.96. The van der Waals surface area contributed by atoms with Gasteiger partial charge in [-0.05, 0) is 19.3 Å². The van der Waals surface area contributed by atoms with Crippen LogP contribution in [0.4, 0.5) is 0 Å². The van der Waals surface area contributed by atoms with Crippen molar-refractivity contribution in [2.75, 3.05) is 13.6 Å². The molecule has 5 heteroatoms. The molecule has 0 aliphatic rings. The second kappa shape index (κ2) is 8.04. The summed E-state index contributed by atoms with van der Waals surface area (Å²) in [5.41, 5.74) is 5.37. The number of aldehydes is 1. The van der Waals surface area contributed by atoms with Crippen molar-refractivity contribution >= 4 is 6.29 Å². The molecular weight excluding hydrogens is 156 g/mol. The number of nitrogens with zero attached hydrogens (tertiary/aromatic N) is 3. The number of carbonyl (C=O) groups excluding carboxylic acids is 1. The van der Waals surface area contributed by atoms with E-state index in [0.717, 1.165) is 25.5 Å². The van der Waals surface area contributed by atoms with E-state index < -0.39 is 0 Å². The van der Waals surface area contributed by atoms with Gasteiger partial charge in [0.1, 0.15) is 30.1 Å². The second-order valence-corrected chi connectivity index (χ2v) is 2.45. The first-order chi connectivity index (χ1) is 5.81. The molecule has 0 rings (SSSR count). The lowest BCUT2D eigenvalue weighted by Crippen LogP contribution is -2.20. The molecule has 12 heavy (non-hydrogen) atoms. The molecule has 68 valence electrons. The third kappa shape index (κ3) is 7.05. The number of hydrogen-bond acceptors (Lipinski definition) is 4. The van der Waals surface area contributed by atoms with E-state index in [2.05, 4.69) is 15.1 Å².